The minimum atomic E-state index is -4.84. The second-order valence-electron chi connectivity index (χ2n) is 5.92. The molecule has 158 valence electrons. The Morgan fingerprint density at radius 2 is 1.90 bits per heavy atom. The van der Waals surface area contributed by atoms with Crippen LogP contribution in [-0.4, -0.2) is 42.5 Å². The van der Waals surface area contributed by atoms with E-state index in [-0.39, 0.29) is 11.4 Å². The van der Waals surface area contributed by atoms with Crippen LogP contribution in [0.15, 0.2) is 71.0 Å². The summed E-state index contributed by atoms with van der Waals surface area (Å²) < 4.78 is 56.3. The predicted octanol–water partition coefficient (Wildman–Crippen LogP) is 3.61. The molecule has 0 radical (unpaired) electrons. The van der Waals surface area contributed by atoms with Gasteiger partial charge in [0.05, 0.1) is 23.4 Å². The molecular formula is C19H17F2N3O4S2. The van der Waals surface area contributed by atoms with E-state index in [1.807, 2.05) is 12.1 Å². The van der Waals surface area contributed by atoms with Gasteiger partial charge in [0.2, 0.25) is 15.7 Å². The number of benzene rings is 2. The van der Waals surface area contributed by atoms with E-state index in [9.17, 15) is 22.0 Å². The number of aromatic nitrogens is 2. The first kappa shape index (κ1) is 21.8. The lowest BCUT2D eigenvalue weighted by molar-refractivity contribution is -0.113. The number of hydrogen-bond donors (Lipinski definition) is 1. The van der Waals surface area contributed by atoms with Crippen LogP contribution in [0.2, 0.25) is 0 Å². The lowest BCUT2D eigenvalue weighted by Crippen LogP contribution is -2.19. The molecule has 0 bridgehead atoms. The summed E-state index contributed by atoms with van der Waals surface area (Å²) >= 11 is 1.12. The van der Waals surface area contributed by atoms with Crippen LogP contribution in [0.3, 0.4) is 0 Å². The van der Waals surface area contributed by atoms with Gasteiger partial charge in [-0.05, 0) is 36.4 Å². The van der Waals surface area contributed by atoms with Crippen molar-refractivity contribution < 1.29 is 26.7 Å². The third-order valence-corrected chi connectivity index (χ3v) is 6.40. The number of sulfone groups is 1. The number of carbonyl (C=O) groups is 1. The number of methoxy groups -OCH3 is 1. The molecule has 1 heterocycles. The number of halogens is 2. The maximum absolute atomic E-state index is 12.9. The van der Waals surface area contributed by atoms with E-state index >= 15 is 0 Å². The molecule has 1 amide bonds. The van der Waals surface area contributed by atoms with Gasteiger partial charge >= 0.3 is 5.76 Å². The van der Waals surface area contributed by atoms with Gasteiger partial charge in [-0.25, -0.2) is 13.4 Å². The number of rotatable bonds is 8. The molecule has 0 aliphatic heterocycles. The number of para-hydroxylation sites is 1. The molecule has 0 unspecified atom stereocenters. The minimum Gasteiger partial charge on any atom is -0.497 e. The van der Waals surface area contributed by atoms with Crippen molar-refractivity contribution in [3.63, 3.8) is 0 Å². The topological polar surface area (TPSA) is 90.3 Å². The molecule has 11 heteroatoms. The van der Waals surface area contributed by atoms with Gasteiger partial charge < -0.3 is 10.1 Å². The van der Waals surface area contributed by atoms with Gasteiger partial charge in [0.25, 0.3) is 0 Å². The Kier molecular flexibility index (Phi) is 6.73. The third-order valence-electron chi connectivity index (χ3n) is 3.99. The zero-order valence-corrected chi connectivity index (χ0v) is 17.3. The van der Waals surface area contributed by atoms with Crippen LogP contribution in [0.5, 0.6) is 5.75 Å². The van der Waals surface area contributed by atoms with Gasteiger partial charge in [0, 0.05) is 18.1 Å². The van der Waals surface area contributed by atoms with Crippen LogP contribution in [0.25, 0.3) is 5.69 Å². The highest BCUT2D eigenvalue weighted by Crippen LogP contribution is 2.27. The number of alkyl halides is 2. The number of anilines is 1. The zero-order valence-electron chi connectivity index (χ0n) is 15.7. The second kappa shape index (κ2) is 9.26. The summed E-state index contributed by atoms with van der Waals surface area (Å²) in [5, 5.41) is 2.91. The summed E-state index contributed by atoms with van der Waals surface area (Å²) in [5.41, 5.74) is 0.617. The van der Waals surface area contributed by atoms with Crippen molar-refractivity contribution >= 4 is 33.2 Å². The Morgan fingerprint density at radius 1 is 1.20 bits per heavy atom. The van der Waals surface area contributed by atoms with Crippen molar-refractivity contribution in [2.75, 3.05) is 18.2 Å². The number of ether oxygens (including phenoxy) is 1. The van der Waals surface area contributed by atoms with Crippen molar-refractivity contribution in [3.05, 3.63) is 60.9 Å². The fourth-order valence-electron chi connectivity index (χ4n) is 2.57. The number of hydrogen-bond acceptors (Lipinski definition) is 6. The predicted molar refractivity (Wildman–Crippen MR) is 109 cm³/mol. The van der Waals surface area contributed by atoms with E-state index in [4.69, 9.17) is 4.74 Å². The summed E-state index contributed by atoms with van der Waals surface area (Å²) in [6.07, 6.45) is 3.31. The average molecular weight is 453 g/mol. The fourth-order valence-corrected chi connectivity index (χ4v) is 4.23. The summed E-state index contributed by atoms with van der Waals surface area (Å²) in [6, 6.07) is 12.3. The smallest absolute Gasteiger partial charge is 0.341 e. The Hall–Kier alpha value is -2.92. The van der Waals surface area contributed by atoms with Crippen molar-refractivity contribution in [1.82, 2.24) is 9.55 Å². The Labute approximate surface area is 176 Å². The first-order valence-corrected chi connectivity index (χ1v) is 11.1. The molecule has 0 aliphatic rings. The van der Waals surface area contributed by atoms with Gasteiger partial charge in [-0.15, -0.1) is 0 Å². The molecule has 0 atom stereocenters. The molecule has 0 saturated heterocycles. The van der Waals surface area contributed by atoms with Crippen LogP contribution in [0.4, 0.5) is 14.5 Å². The van der Waals surface area contributed by atoms with Crippen LogP contribution in [-0.2, 0) is 14.6 Å². The summed E-state index contributed by atoms with van der Waals surface area (Å²) in [4.78, 5) is 15.9. The normalized spacial score (nSPS) is 11.5. The van der Waals surface area contributed by atoms with Gasteiger partial charge in [0.15, 0.2) is 5.16 Å². The first-order chi connectivity index (χ1) is 14.3. The van der Waals surface area contributed by atoms with Gasteiger partial charge in [-0.1, -0.05) is 23.9 Å². The van der Waals surface area contributed by atoms with Gasteiger partial charge in [0.1, 0.15) is 5.75 Å². The maximum Gasteiger partial charge on any atom is 0.341 e. The maximum atomic E-state index is 12.9. The number of nitrogens with zero attached hydrogens (tertiary/aromatic N) is 2. The van der Waals surface area contributed by atoms with Crippen LogP contribution >= 0.6 is 11.8 Å². The third kappa shape index (κ3) is 4.79. The largest absolute Gasteiger partial charge is 0.497 e. The van der Waals surface area contributed by atoms with Crippen LogP contribution in [0.1, 0.15) is 0 Å². The van der Waals surface area contributed by atoms with E-state index in [2.05, 4.69) is 10.3 Å². The SMILES string of the molecule is COc1ccc(-n2ccnc2SCC(=O)Nc2ccccc2S(=O)(=O)C(F)F)cc1. The van der Waals surface area contributed by atoms with Crippen molar-refractivity contribution in [1.29, 1.82) is 0 Å². The highest BCUT2D eigenvalue weighted by atomic mass is 32.2. The molecule has 30 heavy (non-hydrogen) atoms. The molecule has 7 nitrogen and oxygen atoms in total. The molecule has 1 aromatic heterocycles. The Balaban J connectivity index is 1.71. The number of thioether (sulfide) groups is 1. The van der Waals surface area contributed by atoms with Crippen molar-refractivity contribution in [2.45, 2.75) is 15.8 Å². The Bertz CT molecular complexity index is 1130. The summed E-state index contributed by atoms with van der Waals surface area (Å²) in [5.74, 6) is -3.54. The van der Waals surface area contributed by atoms with E-state index in [0.717, 1.165) is 23.5 Å². The van der Waals surface area contributed by atoms with E-state index in [1.54, 1.807) is 36.2 Å². The molecule has 0 aliphatic carbocycles. The molecule has 0 saturated carbocycles. The highest BCUT2D eigenvalue weighted by molar-refractivity contribution is 7.99. The number of imidazole rings is 1. The van der Waals surface area contributed by atoms with E-state index < -0.39 is 26.4 Å². The lowest BCUT2D eigenvalue weighted by atomic mass is 10.3. The highest BCUT2D eigenvalue weighted by Gasteiger charge is 2.29. The number of nitrogens with one attached hydrogen (secondary N) is 1. The Morgan fingerprint density at radius 3 is 2.57 bits per heavy atom. The zero-order chi connectivity index (χ0) is 21.7. The quantitative estimate of drug-likeness (QED) is 0.524. The molecule has 3 rings (SSSR count). The number of carbonyl (C=O) groups excluding carboxylic acids is 1. The monoisotopic (exact) mass is 453 g/mol. The van der Waals surface area contributed by atoms with Crippen molar-refractivity contribution in [2.24, 2.45) is 0 Å². The lowest BCUT2D eigenvalue weighted by Gasteiger charge is -2.11. The van der Waals surface area contributed by atoms with Gasteiger partial charge in [-0.3, -0.25) is 9.36 Å². The minimum absolute atomic E-state index is 0.101. The molecular weight excluding hydrogens is 436 g/mol. The molecule has 2 aromatic carbocycles. The summed E-state index contributed by atoms with van der Waals surface area (Å²) in [6.45, 7) is 0. The fraction of sp³-hybridized carbons (Fsp3) is 0.158. The van der Waals surface area contributed by atoms with E-state index in [1.165, 1.54) is 18.2 Å². The first-order valence-electron chi connectivity index (χ1n) is 8.54. The molecule has 1 N–H and O–H groups in total. The number of amides is 1. The van der Waals surface area contributed by atoms with Crippen LogP contribution in [0, 0.1) is 0 Å². The molecule has 0 spiro atoms. The average Bonchev–Trinajstić information content (AvgIpc) is 3.21. The molecule has 0 fully saturated rings. The van der Waals surface area contributed by atoms with Crippen LogP contribution < -0.4 is 10.1 Å². The molecule has 3 aromatic rings. The summed E-state index contributed by atoms with van der Waals surface area (Å²) in [7, 11) is -3.28. The second-order valence-corrected chi connectivity index (χ2v) is 8.75. The van der Waals surface area contributed by atoms with Gasteiger partial charge in [-0.2, -0.15) is 8.78 Å². The van der Waals surface area contributed by atoms with E-state index in [0.29, 0.717) is 10.9 Å². The standard InChI is InChI=1S/C19H17F2N3O4S2/c1-28-14-8-6-13(7-9-14)24-11-10-22-19(24)29-12-17(25)23-15-4-2-3-5-16(15)30(26,27)18(20)21/h2-11,18H,12H2,1H3,(H,23,25). The van der Waals surface area contributed by atoms with Crippen molar-refractivity contribution in [3.8, 4) is 11.4 Å².